The van der Waals surface area contributed by atoms with Gasteiger partial charge in [0.2, 0.25) is 35.4 Å². The summed E-state index contributed by atoms with van der Waals surface area (Å²) in [5.74, 6) is 2.81. The molecule has 4 aromatic rings. The summed E-state index contributed by atoms with van der Waals surface area (Å²) in [7, 11) is 1.62. The zero-order valence-electron chi connectivity index (χ0n) is 39.8. The molecule has 20 heteroatoms. The fourth-order valence-corrected chi connectivity index (χ4v) is 9.68. The number of aryl methyl sites for hydroxylation is 1. The van der Waals surface area contributed by atoms with E-state index in [0.29, 0.717) is 94.4 Å². The molecule has 360 valence electrons. The molecule has 3 aromatic heterocycles. The van der Waals surface area contributed by atoms with Crippen molar-refractivity contribution in [3.05, 3.63) is 54.1 Å². The number of Topliss-reactive ketones (excluding diaryl/α,β-unsaturated/α-hetero) is 1. The number of fused-ring (bicyclic) bond motifs is 1. The van der Waals surface area contributed by atoms with Gasteiger partial charge >= 0.3 is 0 Å². The maximum Gasteiger partial charge on any atom is 0.291 e. The van der Waals surface area contributed by atoms with Crippen LogP contribution in [-0.2, 0) is 38.7 Å². The van der Waals surface area contributed by atoms with E-state index in [1.54, 1.807) is 27.3 Å². The molecule has 1 spiro atoms. The number of nitrogens with zero attached hydrogens (tertiary/aromatic N) is 11. The van der Waals surface area contributed by atoms with Gasteiger partial charge in [0.05, 0.1) is 26.2 Å². The number of carbonyl (C=O) groups is 4. The van der Waals surface area contributed by atoms with E-state index in [4.69, 9.17) is 19.7 Å². The number of amides is 3. The Morgan fingerprint density at radius 2 is 1.70 bits per heavy atom. The summed E-state index contributed by atoms with van der Waals surface area (Å²) in [5.41, 5.74) is 0.246. The number of carbonyl (C=O) groups excluding carboxylic acids is 4. The van der Waals surface area contributed by atoms with Crippen LogP contribution in [-0.4, -0.2) is 125 Å². The number of hydrogen-bond donors (Lipinski definition) is 4. The van der Waals surface area contributed by atoms with Crippen molar-refractivity contribution in [1.82, 2.24) is 60.4 Å². The van der Waals surface area contributed by atoms with E-state index in [0.717, 1.165) is 62.3 Å². The van der Waals surface area contributed by atoms with Crippen LogP contribution >= 0.6 is 0 Å². The minimum Gasteiger partial charge on any atom is -0.497 e. The molecular formula is C47H67N15O5. The van der Waals surface area contributed by atoms with Gasteiger partial charge in [-0.1, -0.05) is 46.8 Å². The molecular weight excluding hydrogens is 855 g/mol. The molecule has 4 aliphatic rings. The number of benzene rings is 1. The Balaban J connectivity index is 0.925. The van der Waals surface area contributed by atoms with Gasteiger partial charge in [0, 0.05) is 38.1 Å². The van der Waals surface area contributed by atoms with E-state index in [2.05, 4.69) is 64.9 Å². The van der Waals surface area contributed by atoms with Crippen LogP contribution in [0.3, 0.4) is 0 Å². The molecule has 3 aliphatic heterocycles. The molecule has 6 heterocycles. The first-order valence-electron chi connectivity index (χ1n) is 24.1. The molecule has 4 N–H and O–H groups in total. The van der Waals surface area contributed by atoms with E-state index in [1.165, 1.54) is 11.2 Å². The highest BCUT2D eigenvalue weighted by atomic mass is 16.5. The van der Waals surface area contributed by atoms with Crippen LogP contribution in [0.5, 0.6) is 5.75 Å². The minimum absolute atomic E-state index is 0.0793. The monoisotopic (exact) mass is 922 g/mol. The summed E-state index contributed by atoms with van der Waals surface area (Å²) in [4.78, 5) is 84.6. The van der Waals surface area contributed by atoms with Crippen molar-refractivity contribution in [2.24, 2.45) is 22.7 Å². The first-order valence-corrected chi connectivity index (χ1v) is 24.1. The van der Waals surface area contributed by atoms with Gasteiger partial charge in [-0.15, -0.1) is 0 Å². The highest BCUT2D eigenvalue weighted by Gasteiger charge is 2.55. The third-order valence-corrected chi connectivity index (χ3v) is 14.5. The lowest BCUT2D eigenvalue weighted by Gasteiger charge is -2.36. The van der Waals surface area contributed by atoms with Crippen LogP contribution in [0.4, 0.5) is 17.8 Å². The van der Waals surface area contributed by atoms with Crippen molar-refractivity contribution in [3.8, 4) is 5.75 Å². The number of piperidine rings is 2. The maximum absolute atomic E-state index is 14.1. The summed E-state index contributed by atoms with van der Waals surface area (Å²) in [6, 6.07) is 5.82. The number of methoxy groups -OCH3 is 1. The summed E-state index contributed by atoms with van der Waals surface area (Å²) >= 11 is 0. The molecule has 0 unspecified atom stereocenters. The van der Waals surface area contributed by atoms with Crippen LogP contribution in [0.25, 0.3) is 0 Å². The standard InChI is InChI=1S/C47H67N15O5/c1-7-46(4,5)38(63)42(66)61-19-9-8-10-36(61)41(65)53-34(16-13-31-11-14-33(67-6)15-12-31)40(64)48-26-32-25-47(32)17-20-59(21-18-47)44-55-43(54-35(24-30(2)3)39-50-28-51-58-39)56-45(57-44)60-22-23-62-37(27-60)49-29-52-62/h11-12,14-15,28-30,32,34-36H,7-10,13,16-27H2,1-6H3,(H,48,64)(H,53,65)(H,50,51,58)(H,54,55,56,57)/t32-,34+,35-,36-/m0/s1. The third kappa shape index (κ3) is 11.0. The van der Waals surface area contributed by atoms with Gasteiger partial charge < -0.3 is 35.4 Å². The first-order chi connectivity index (χ1) is 32.3. The van der Waals surface area contributed by atoms with E-state index in [-0.39, 0.29) is 23.3 Å². The van der Waals surface area contributed by atoms with Gasteiger partial charge in [0.15, 0.2) is 0 Å². The Kier molecular flexibility index (Phi) is 14.4. The van der Waals surface area contributed by atoms with Crippen LogP contribution in [0.1, 0.15) is 116 Å². The lowest BCUT2D eigenvalue weighted by atomic mass is 9.84. The number of likely N-dealkylation sites (tertiary alicyclic amines) is 1. The van der Waals surface area contributed by atoms with Crippen molar-refractivity contribution in [1.29, 1.82) is 0 Å². The lowest BCUT2D eigenvalue weighted by molar-refractivity contribution is -0.154. The topological polar surface area (TPSA) is 234 Å². The molecule has 4 atom stereocenters. The number of aromatic nitrogens is 9. The molecule has 1 aromatic carbocycles. The number of nitrogens with one attached hydrogen (secondary N) is 4. The Hall–Kier alpha value is -6.21. The maximum atomic E-state index is 14.1. The van der Waals surface area contributed by atoms with Crippen molar-refractivity contribution in [3.63, 3.8) is 0 Å². The predicted molar refractivity (Wildman–Crippen MR) is 250 cm³/mol. The third-order valence-electron chi connectivity index (χ3n) is 14.5. The van der Waals surface area contributed by atoms with Crippen LogP contribution in [0, 0.1) is 22.7 Å². The summed E-state index contributed by atoms with van der Waals surface area (Å²) in [5, 5.41) is 21.2. The second-order valence-corrected chi connectivity index (χ2v) is 19.8. The fraction of sp³-hybridized carbons (Fsp3) is 0.638. The van der Waals surface area contributed by atoms with Crippen molar-refractivity contribution >= 4 is 41.3 Å². The van der Waals surface area contributed by atoms with Gasteiger partial charge in [-0.05, 0) is 99.2 Å². The van der Waals surface area contributed by atoms with Crippen molar-refractivity contribution in [2.45, 2.75) is 130 Å². The highest BCUT2D eigenvalue weighted by Crippen LogP contribution is 2.59. The van der Waals surface area contributed by atoms with E-state index >= 15 is 0 Å². The molecule has 0 radical (unpaired) electrons. The molecule has 0 bridgehead atoms. The number of H-pyrrole nitrogens is 1. The van der Waals surface area contributed by atoms with E-state index < -0.39 is 35.1 Å². The Morgan fingerprint density at radius 1 is 0.940 bits per heavy atom. The zero-order valence-corrected chi connectivity index (χ0v) is 39.8. The minimum atomic E-state index is -0.839. The molecule has 1 aliphatic carbocycles. The number of aromatic amines is 1. The molecule has 8 rings (SSSR count). The average Bonchev–Trinajstić information content (AvgIpc) is 3.67. The van der Waals surface area contributed by atoms with Crippen molar-refractivity contribution in [2.75, 3.05) is 55.0 Å². The van der Waals surface area contributed by atoms with Crippen LogP contribution in [0.2, 0.25) is 0 Å². The number of ether oxygens (including phenoxy) is 1. The summed E-state index contributed by atoms with van der Waals surface area (Å²) < 4.78 is 7.24. The number of rotatable bonds is 19. The molecule has 67 heavy (non-hydrogen) atoms. The smallest absolute Gasteiger partial charge is 0.291 e. The van der Waals surface area contributed by atoms with E-state index in [9.17, 15) is 19.2 Å². The van der Waals surface area contributed by atoms with Crippen molar-refractivity contribution < 1.29 is 23.9 Å². The van der Waals surface area contributed by atoms with Gasteiger partial charge in [-0.2, -0.15) is 25.1 Å². The normalized spacial score (nSPS) is 20.0. The van der Waals surface area contributed by atoms with Crippen LogP contribution in [0.15, 0.2) is 36.9 Å². The number of anilines is 3. The molecule has 3 amide bonds. The highest BCUT2D eigenvalue weighted by molar-refractivity contribution is 6.38. The zero-order chi connectivity index (χ0) is 47.3. The Bertz CT molecular complexity index is 2340. The SMILES string of the molecule is CCC(C)(C)C(=O)C(=O)N1CCCC[C@H]1C(=O)N[C@H](CCc1ccc(OC)cc1)C(=O)NC[C@@H]1CC12CCN(c1nc(N[C@@H](CC(C)C)c3ncn[nH]3)nc(N3CCn4ncnc4C3)n1)CC2. The average molecular weight is 922 g/mol. The van der Waals surface area contributed by atoms with Gasteiger partial charge in [0.1, 0.15) is 42.1 Å². The molecule has 2 saturated heterocycles. The first kappa shape index (κ1) is 47.3. The molecule has 1 saturated carbocycles. The van der Waals surface area contributed by atoms with Crippen LogP contribution < -0.4 is 30.5 Å². The molecule has 20 nitrogen and oxygen atoms in total. The summed E-state index contributed by atoms with van der Waals surface area (Å²) in [6.45, 7) is 13.9. The Labute approximate surface area is 392 Å². The molecule has 3 fully saturated rings. The van der Waals surface area contributed by atoms with Gasteiger partial charge in [-0.25, -0.2) is 14.6 Å². The Morgan fingerprint density at radius 3 is 2.40 bits per heavy atom. The lowest BCUT2D eigenvalue weighted by Crippen LogP contribution is -2.58. The second-order valence-electron chi connectivity index (χ2n) is 19.8. The quantitative estimate of drug-likeness (QED) is 0.0973. The number of hydrogen-bond acceptors (Lipinski definition) is 15. The second kappa shape index (κ2) is 20.3. The predicted octanol–water partition coefficient (Wildman–Crippen LogP) is 4.04. The largest absolute Gasteiger partial charge is 0.497 e. The van der Waals surface area contributed by atoms with Gasteiger partial charge in [0.25, 0.3) is 5.91 Å². The summed E-state index contributed by atoms with van der Waals surface area (Å²) in [6.07, 6.45) is 9.97. The fourth-order valence-electron chi connectivity index (χ4n) is 9.68. The van der Waals surface area contributed by atoms with Gasteiger partial charge in [-0.3, -0.25) is 24.3 Å². The van der Waals surface area contributed by atoms with E-state index in [1.807, 2.05) is 35.9 Å². The number of ketones is 1.